The number of tetrazole rings is 1. The van der Waals surface area contributed by atoms with Gasteiger partial charge in [0.1, 0.15) is 0 Å². The minimum Gasteiger partial charge on any atom is -0.444 e. The van der Waals surface area contributed by atoms with Crippen molar-refractivity contribution >= 4 is 11.6 Å². The van der Waals surface area contributed by atoms with E-state index in [9.17, 15) is 4.79 Å². The molecule has 1 amide bonds. The molecule has 1 aromatic carbocycles. The van der Waals surface area contributed by atoms with Gasteiger partial charge in [-0.25, -0.2) is 4.98 Å². The fraction of sp³-hybridized carbons (Fsp3) is 0. The summed E-state index contributed by atoms with van der Waals surface area (Å²) in [6, 6.07) is 7.12. The van der Waals surface area contributed by atoms with Gasteiger partial charge in [0.15, 0.2) is 12.2 Å². The van der Waals surface area contributed by atoms with Crippen LogP contribution in [0.4, 0.5) is 5.69 Å². The molecule has 0 spiro atoms. The molecule has 3 aromatic rings. The third kappa shape index (κ3) is 2.32. The summed E-state index contributed by atoms with van der Waals surface area (Å²) < 4.78 is 5.17. The van der Waals surface area contributed by atoms with E-state index in [2.05, 4.69) is 30.9 Å². The number of H-pyrrole nitrogens is 1. The van der Waals surface area contributed by atoms with Gasteiger partial charge in [-0.1, -0.05) is 0 Å². The second kappa shape index (κ2) is 4.69. The van der Waals surface area contributed by atoms with Crippen LogP contribution in [-0.2, 0) is 0 Å². The molecular formula is C11H8N6O2. The predicted molar refractivity (Wildman–Crippen MR) is 64.1 cm³/mol. The number of amides is 1. The largest absolute Gasteiger partial charge is 0.444 e. The van der Waals surface area contributed by atoms with E-state index in [1.54, 1.807) is 18.3 Å². The van der Waals surface area contributed by atoms with E-state index in [1.807, 2.05) is 12.1 Å². The molecule has 19 heavy (non-hydrogen) atoms. The zero-order valence-corrected chi connectivity index (χ0v) is 9.57. The van der Waals surface area contributed by atoms with Gasteiger partial charge in [-0.3, -0.25) is 4.79 Å². The zero-order chi connectivity index (χ0) is 13.1. The smallest absolute Gasteiger partial charge is 0.297 e. The topological polar surface area (TPSA) is 110 Å². The second-order valence-corrected chi connectivity index (χ2v) is 3.63. The number of nitrogens with zero attached hydrogens (tertiary/aromatic N) is 4. The lowest BCUT2D eigenvalue weighted by Gasteiger charge is -2.02. The van der Waals surface area contributed by atoms with Gasteiger partial charge in [0, 0.05) is 11.3 Å². The first-order chi connectivity index (χ1) is 9.33. The van der Waals surface area contributed by atoms with Crippen LogP contribution in [0.5, 0.6) is 0 Å². The quantitative estimate of drug-likeness (QED) is 0.726. The molecule has 0 radical (unpaired) electrons. The number of rotatable bonds is 3. The molecule has 8 heteroatoms. The maximum Gasteiger partial charge on any atom is 0.297 e. The summed E-state index contributed by atoms with van der Waals surface area (Å²) in [5.41, 5.74) is 1.49. The molecule has 0 saturated heterocycles. The minimum atomic E-state index is -0.429. The fourth-order valence-electron chi connectivity index (χ4n) is 1.52. The molecule has 2 N–H and O–H groups in total. The van der Waals surface area contributed by atoms with Gasteiger partial charge >= 0.3 is 0 Å². The number of aromatic nitrogens is 5. The number of carbonyl (C=O) groups is 1. The maximum atomic E-state index is 11.7. The SMILES string of the molecule is O=C(Nc1ccc(-c2cnco2)cc1)c1nn[nH]n1. The molecule has 2 aromatic heterocycles. The Morgan fingerprint density at radius 3 is 2.74 bits per heavy atom. The highest BCUT2D eigenvalue weighted by molar-refractivity contribution is 6.01. The van der Waals surface area contributed by atoms with Crippen LogP contribution < -0.4 is 5.32 Å². The lowest BCUT2D eigenvalue weighted by atomic mass is 10.1. The van der Waals surface area contributed by atoms with Gasteiger partial charge in [-0.15, -0.1) is 10.2 Å². The van der Waals surface area contributed by atoms with Crippen LogP contribution in [0, 0.1) is 0 Å². The molecule has 0 saturated carbocycles. The van der Waals surface area contributed by atoms with Crippen molar-refractivity contribution in [3.8, 4) is 11.3 Å². The molecule has 0 aliphatic rings. The van der Waals surface area contributed by atoms with Crippen molar-refractivity contribution < 1.29 is 9.21 Å². The van der Waals surface area contributed by atoms with E-state index in [4.69, 9.17) is 4.42 Å². The van der Waals surface area contributed by atoms with Crippen LogP contribution in [0.3, 0.4) is 0 Å². The third-order valence-corrected chi connectivity index (χ3v) is 2.41. The summed E-state index contributed by atoms with van der Waals surface area (Å²) in [6.45, 7) is 0. The van der Waals surface area contributed by atoms with Crippen molar-refractivity contribution in [3.05, 3.63) is 42.7 Å². The van der Waals surface area contributed by atoms with Crippen molar-refractivity contribution in [1.29, 1.82) is 0 Å². The summed E-state index contributed by atoms with van der Waals surface area (Å²) in [5.74, 6) is 0.219. The molecule has 2 heterocycles. The van der Waals surface area contributed by atoms with Crippen molar-refractivity contribution in [2.45, 2.75) is 0 Å². The van der Waals surface area contributed by atoms with E-state index < -0.39 is 5.91 Å². The lowest BCUT2D eigenvalue weighted by Crippen LogP contribution is -2.13. The Morgan fingerprint density at radius 2 is 2.11 bits per heavy atom. The van der Waals surface area contributed by atoms with Crippen LogP contribution in [0.1, 0.15) is 10.6 Å². The second-order valence-electron chi connectivity index (χ2n) is 3.63. The summed E-state index contributed by atoms with van der Waals surface area (Å²) in [6.07, 6.45) is 2.98. The number of aromatic amines is 1. The van der Waals surface area contributed by atoms with E-state index in [0.717, 1.165) is 5.56 Å². The Balaban J connectivity index is 1.75. The Hall–Kier alpha value is -3.03. The highest BCUT2D eigenvalue weighted by Crippen LogP contribution is 2.20. The van der Waals surface area contributed by atoms with Gasteiger partial charge in [0.25, 0.3) is 11.7 Å². The standard InChI is InChI=1S/C11H8N6O2/c18-11(10-14-16-17-15-10)13-8-3-1-7(2-4-8)9-5-12-6-19-9/h1-6H,(H,13,18)(H,14,15,16,17). The van der Waals surface area contributed by atoms with Crippen molar-refractivity contribution in [3.63, 3.8) is 0 Å². The predicted octanol–water partition coefficient (Wildman–Crippen LogP) is 1.11. The number of nitrogens with one attached hydrogen (secondary N) is 2. The van der Waals surface area contributed by atoms with Gasteiger partial charge in [0.2, 0.25) is 0 Å². The summed E-state index contributed by atoms with van der Waals surface area (Å²) in [7, 11) is 0. The lowest BCUT2D eigenvalue weighted by molar-refractivity contribution is 0.101. The summed E-state index contributed by atoms with van der Waals surface area (Å²) in [4.78, 5) is 15.5. The van der Waals surface area contributed by atoms with E-state index in [-0.39, 0.29) is 5.82 Å². The zero-order valence-electron chi connectivity index (χ0n) is 9.57. The molecule has 0 unspecified atom stereocenters. The van der Waals surface area contributed by atoms with E-state index in [1.165, 1.54) is 6.39 Å². The number of benzene rings is 1. The van der Waals surface area contributed by atoms with Crippen molar-refractivity contribution in [1.82, 2.24) is 25.6 Å². The summed E-state index contributed by atoms with van der Waals surface area (Å²) in [5, 5.41) is 15.4. The summed E-state index contributed by atoms with van der Waals surface area (Å²) >= 11 is 0. The molecule has 0 bridgehead atoms. The first-order valence-electron chi connectivity index (χ1n) is 5.36. The molecule has 94 valence electrons. The molecule has 3 rings (SSSR count). The number of hydrogen-bond donors (Lipinski definition) is 2. The van der Waals surface area contributed by atoms with Gasteiger partial charge in [-0.05, 0) is 29.5 Å². The average molecular weight is 256 g/mol. The van der Waals surface area contributed by atoms with Crippen LogP contribution >= 0.6 is 0 Å². The van der Waals surface area contributed by atoms with Crippen LogP contribution in [0.15, 0.2) is 41.3 Å². The fourth-order valence-corrected chi connectivity index (χ4v) is 1.52. The highest BCUT2D eigenvalue weighted by Gasteiger charge is 2.10. The van der Waals surface area contributed by atoms with Crippen LogP contribution in [0.2, 0.25) is 0 Å². The Kier molecular flexibility index (Phi) is 2.73. The average Bonchev–Trinajstić information content (AvgIpc) is 3.13. The molecule has 0 atom stereocenters. The molecule has 0 aliphatic carbocycles. The normalized spacial score (nSPS) is 10.3. The highest BCUT2D eigenvalue weighted by atomic mass is 16.3. The Morgan fingerprint density at radius 1 is 1.26 bits per heavy atom. The number of anilines is 1. The minimum absolute atomic E-state index is 0.0145. The van der Waals surface area contributed by atoms with Gasteiger partial charge in [-0.2, -0.15) is 5.21 Å². The van der Waals surface area contributed by atoms with Gasteiger partial charge < -0.3 is 9.73 Å². The maximum absolute atomic E-state index is 11.7. The number of oxazole rings is 1. The molecule has 0 aliphatic heterocycles. The molecule has 0 fully saturated rings. The first-order valence-corrected chi connectivity index (χ1v) is 5.36. The van der Waals surface area contributed by atoms with Crippen molar-refractivity contribution in [2.75, 3.05) is 5.32 Å². The monoisotopic (exact) mass is 256 g/mol. The van der Waals surface area contributed by atoms with E-state index >= 15 is 0 Å². The number of carbonyl (C=O) groups excluding carboxylic acids is 1. The van der Waals surface area contributed by atoms with Gasteiger partial charge in [0.05, 0.1) is 6.20 Å². The van der Waals surface area contributed by atoms with Crippen LogP contribution in [0.25, 0.3) is 11.3 Å². The van der Waals surface area contributed by atoms with E-state index in [0.29, 0.717) is 11.4 Å². The molecule has 8 nitrogen and oxygen atoms in total. The Bertz CT molecular complexity index is 660. The number of hydrogen-bond acceptors (Lipinski definition) is 6. The Labute approximate surface area is 106 Å². The third-order valence-electron chi connectivity index (χ3n) is 2.41. The van der Waals surface area contributed by atoms with Crippen molar-refractivity contribution in [2.24, 2.45) is 0 Å². The molecular weight excluding hydrogens is 248 g/mol. The van der Waals surface area contributed by atoms with Crippen LogP contribution in [-0.4, -0.2) is 31.5 Å². The first kappa shape index (κ1) is 11.1.